The largest absolute Gasteiger partial charge is 0.462 e. The van der Waals surface area contributed by atoms with E-state index in [4.69, 9.17) is 16.3 Å². The van der Waals surface area contributed by atoms with Gasteiger partial charge in [-0.25, -0.2) is 4.79 Å². The molecular weight excluding hydrogens is 382 g/mol. The van der Waals surface area contributed by atoms with Crippen molar-refractivity contribution >= 4 is 45.9 Å². The highest BCUT2D eigenvalue weighted by atomic mass is 35.5. The second-order valence-corrected chi connectivity index (χ2v) is 8.13. The average molecular weight is 404 g/mol. The molecule has 1 unspecified atom stereocenters. The molecule has 0 fully saturated rings. The number of rotatable bonds is 5. The minimum Gasteiger partial charge on any atom is -0.462 e. The van der Waals surface area contributed by atoms with Crippen molar-refractivity contribution in [2.75, 3.05) is 11.9 Å². The van der Waals surface area contributed by atoms with E-state index in [1.165, 1.54) is 22.3 Å². The number of ether oxygens (including phenoxy) is 1. The molecule has 6 heteroatoms. The third-order valence-electron chi connectivity index (χ3n) is 4.55. The molecule has 0 radical (unpaired) electrons. The van der Waals surface area contributed by atoms with Crippen LogP contribution in [0, 0.1) is 5.92 Å². The fourth-order valence-corrected chi connectivity index (χ4v) is 4.79. The summed E-state index contributed by atoms with van der Waals surface area (Å²) in [5, 5.41) is 4.01. The molecule has 1 amide bonds. The zero-order valence-electron chi connectivity index (χ0n) is 15.4. The number of carbonyl (C=O) groups is 2. The van der Waals surface area contributed by atoms with Gasteiger partial charge in [-0.15, -0.1) is 11.3 Å². The predicted octanol–water partition coefficient (Wildman–Crippen LogP) is 5.35. The van der Waals surface area contributed by atoms with Crippen molar-refractivity contribution in [3.63, 3.8) is 0 Å². The van der Waals surface area contributed by atoms with E-state index in [1.54, 1.807) is 19.1 Å². The van der Waals surface area contributed by atoms with Gasteiger partial charge in [0.15, 0.2) is 0 Å². The highest BCUT2D eigenvalue weighted by molar-refractivity contribution is 7.17. The molecule has 1 aromatic heterocycles. The molecule has 3 rings (SSSR count). The van der Waals surface area contributed by atoms with Crippen LogP contribution in [0.25, 0.3) is 6.08 Å². The van der Waals surface area contributed by atoms with Crippen LogP contribution in [0.5, 0.6) is 0 Å². The molecule has 1 aliphatic carbocycles. The van der Waals surface area contributed by atoms with Gasteiger partial charge in [-0.05, 0) is 55.4 Å². The van der Waals surface area contributed by atoms with Gasteiger partial charge in [-0.2, -0.15) is 0 Å². The molecule has 0 bridgehead atoms. The van der Waals surface area contributed by atoms with Crippen molar-refractivity contribution in [3.8, 4) is 0 Å². The van der Waals surface area contributed by atoms with Gasteiger partial charge in [-0.1, -0.05) is 36.7 Å². The lowest BCUT2D eigenvalue weighted by atomic mass is 9.88. The summed E-state index contributed by atoms with van der Waals surface area (Å²) in [6, 6.07) is 7.30. The Morgan fingerprint density at radius 1 is 1.37 bits per heavy atom. The maximum absolute atomic E-state index is 12.5. The standard InChI is InChI=1S/C21H22ClNO3S/c1-3-26-21(25)19-15-10-8-13(2)12-17(15)27-20(19)23-18(24)11-9-14-6-4-5-7-16(14)22/h4-7,9,11,13H,3,8,10,12H2,1-2H3,(H,23,24). The first-order valence-electron chi connectivity index (χ1n) is 9.04. The highest BCUT2D eigenvalue weighted by Gasteiger charge is 2.28. The van der Waals surface area contributed by atoms with E-state index in [2.05, 4.69) is 12.2 Å². The number of thiophene rings is 1. The van der Waals surface area contributed by atoms with Gasteiger partial charge < -0.3 is 10.1 Å². The third-order valence-corrected chi connectivity index (χ3v) is 6.06. The van der Waals surface area contributed by atoms with Crippen LogP contribution in [0.1, 0.15) is 46.6 Å². The van der Waals surface area contributed by atoms with E-state index in [0.29, 0.717) is 28.1 Å². The van der Waals surface area contributed by atoms with Gasteiger partial charge in [0.2, 0.25) is 5.91 Å². The number of benzene rings is 1. The zero-order chi connectivity index (χ0) is 19.4. The number of amides is 1. The monoisotopic (exact) mass is 403 g/mol. The van der Waals surface area contributed by atoms with E-state index < -0.39 is 0 Å². The fraction of sp³-hybridized carbons (Fsp3) is 0.333. The van der Waals surface area contributed by atoms with E-state index in [1.807, 2.05) is 18.2 Å². The maximum atomic E-state index is 12.5. The Bertz CT molecular complexity index is 888. The molecule has 1 atom stereocenters. The number of nitrogens with one attached hydrogen (secondary N) is 1. The molecule has 27 heavy (non-hydrogen) atoms. The summed E-state index contributed by atoms with van der Waals surface area (Å²) in [7, 11) is 0. The molecule has 1 aliphatic rings. The van der Waals surface area contributed by atoms with E-state index in [-0.39, 0.29) is 11.9 Å². The second-order valence-electron chi connectivity index (χ2n) is 6.62. The van der Waals surface area contributed by atoms with Crippen LogP contribution in [0.4, 0.5) is 5.00 Å². The Morgan fingerprint density at radius 3 is 2.89 bits per heavy atom. The maximum Gasteiger partial charge on any atom is 0.341 e. The fourth-order valence-electron chi connectivity index (χ4n) is 3.19. The molecule has 4 nitrogen and oxygen atoms in total. The summed E-state index contributed by atoms with van der Waals surface area (Å²) < 4.78 is 5.23. The number of esters is 1. The Kier molecular flexibility index (Phi) is 6.34. The van der Waals surface area contributed by atoms with E-state index >= 15 is 0 Å². The lowest BCUT2D eigenvalue weighted by molar-refractivity contribution is -0.111. The number of hydrogen-bond acceptors (Lipinski definition) is 4. The molecule has 1 heterocycles. The molecular formula is C21H22ClNO3S. The summed E-state index contributed by atoms with van der Waals surface area (Å²) >= 11 is 7.59. The first kappa shape index (κ1) is 19.6. The van der Waals surface area contributed by atoms with Gasteiger partial charge in [-0.3, -0.25) is 4.79 Å². The normalized spacial score (nSPS) is 16.2. The van der Waals surface area contributed by atoms with E-state index in [0.717, 1.165) is 30.4 Å². The number of carbonyl (C=O) groups excluding carboxylic acids is 2. The van der Waals surface area contributed by atoms with Crippen LogP contribution in [-0.2, 0) is 22.4 Å². The van der Waals surface area contributed by atoms with Crippen LogP contribution < -0.4 is 5.32 Å². The lowest BCUT2D eigenvalue weighted by Gasteiger charge is -2.18. The predicted molar refractivity (Wildman–Crippen MR) is 111 cm³/mol. The highest BCUT2D eigenvalue weighted by Crippen LogP contribution is 2.40. The average Bonchev–Trinajstić information content (AvgIpc) is 2.98. The van der Waals surface area contributed by atoms with Crippen molar-refractivity contribution in [2.24, 2.45) is 5.92 Å². The summed E-state index contributed by atoms with van der Waals surface area (Å²) in [4.78, 5) is 26.1. The summed E-state index contributed by atoms with van der Waals surface area (Å²) in [5.74, 6) is -0.0862. The van der Waals surface area contributed by atoms with Gasteiger partial charge in [0.25, 0.3) is 0 Å². The molecule has 142 valence electrons. The van der Waals surface area contributed by atoms with Crippen molar-refractivity contribution < 1.29 is 14.3 Å². The number of anilines is 1. The van der Waals surface area contributed by atoms with Crippen molar-refractivity contribution in [1.82, 2.24) is 0 Å². The first-order chi connectivity index (χ1) is 13.0. The Morgan fingerprint density at radius 2 is 2.15 bits per heavy atom. The number of hydrogen-bond donors (Lipinski definition) is 1. The number of fused-ring (bicyclic) bond motifs is 1. The molecule has 1 aromatic carbocycles. The molecule has 0 saturated heterocycles. The van der Waals surface area contributed by atoms with Gasteiger partial charge in [0.1, 0.15) is 5.00 Å². The molecule has 2 aromatic rings. The van der Waals surface area contributed by atoms with Crippen LogP contribution in [0.2, 0.25) is 5.02 Å². The van der Waals surface area contributed by atoms with Crippen molar-refractivity contribution in [1.29, 1.82) is 0 Å². The minimum atomic E-state index is -0.366. The number of halogens is 1. The summed E-state index contributed by atoms with van der Waals surface area (Å²) in [6.45, 7) is 4.29. The van der Waals surface area contributed by atoms with Gasteiger partial charge in [0.05, 0.1) is 12.2 Å². The molecule has 0 aliphatic heterocycles. The quantitative estimate of drug-likeness (QED) is 0.540. The molecule has 1 N–H and O–H groups in total. The first-order valence-corrected chi connectivity index (χ1v) is 10.2. The van der Waals surface area contributed by atoms with E-state index in [9.17, 15) is 9.59 Å². The van der Waals surface area contributed by atoms with Gasteiger partial charge in [0, 0.05) is 16.0 Å². The summed E-state index contributed by atoms with van der Waals surface area (Å²) in [5.41, 5.74) is 2.31. The van der Waals surface area contributed by atoms with Crippen LogP contribution in [0.3, 0.4) is 0 Å². The minimum absolute atomic E-state index is 0.299. The van der Waals surface area contributed by atoms with Crippen LogP contribution in [0.15, 0.2) is 30.3 Å². The topological polar surface area (TPSA) is 55.4 Å². The lowest BCUT2D eigenvalue weighted by Crippen LogP contribution is -2.15. The Balaban J connectivity index is 1.84. The molecule has 0 spiro atoms. The Hall–Kier alpha value is -2.11. The molecule has 0 saturated carbocycles. The van der Waals surface area contributed by atoms with Crippen molar-refractivity contribution in [3.05, 3.63) is 56.9 Å². The van der Waals surface area contributed by atoms with Gasteiger partial charge >= 0.3 is 5.97 Å². The smallest absolute Gasteiger partial charge is 0.341 e. The second kappa shape index (κ2) is 8.72. The third kappa shape index (κ3) is 4.60. The summed E-state index contributed by atoms with van der Waals surface area (Å²) in [6.07, 6.45) is 5.90. The SMILES string of the molecule is CCOC(=O)c1c(NC(=O)C=Cc2ccccc2Cl)sc2c1CCC(C)C2. The van der Waals surface area contributed by atoms with Crippen molar-refractivity contribution in [2.45, 2.75) is 33.1 Å². The van der Waals surface area contributed by atoms with Crippen LogP contribution >= 0.6 is 22.9 Å². The Labute approximate surface area is 168 Å². The van der Waals surface area contributed by atoms with Crippen LogP contribution in [-0.4, -0.2) is 18.5 Å². The zero-order valence-corrected chi connectivity index (χ0v) is 17.0.